The molecule has 1 aliphatic heterocycles. The van der Waals surface area contributed by atoms with Crippen molar-refractivity contribution in [1.82, 2.24) is 10.2 Å². The molecule has 0 spiro atoms. The van der Waals surface area contributed by atoms with Gasteiger partial charge in [-0.15, -0.1) is 0 Å². The van der Waals surface area contributed by atoms with Gasteiger partial charge in [-0.3, -0.25) is 0 Å². The summed E-state index contributed by atoms with van der Waals surface area (Å²) in [4.78, 5) is 14.1. The smallest absolute Gasteiger partial charge is 0.321 e. The molecule has 1 heterocycles. The van der Waals surface area contributed by atoms with Crippen molar-refractivity contribution in [1.29, 1.82) is 0 Å². The third-order valence-electron chi connectivity index (χ3n) is 3.58. The van der Waals surface area contributed by atoms with Crippen molar-refractivity contribution >= 4 is 11.7 Å². The summed E-state index contributed by atoms with van der Waals surface area (Å²) in [6.45, 7) is 5.59. The largest absolute Gasteiger partial charge is 0.322 e. The minimum atomic E-state index is -0.413. The van der Waals surface area contributed by atoms with E-state index in [9.17, 15) is 9.18 Å². The molecule has 1 atom stereocenters. The van der Waals surface area contributed by atoms with Gasteiger partial charge in [0.15, 0.2) is 0 Å². The number of rotatable bonds is 4. The van der Waals surface area contributed by atoms with Crippen LogP contribution in [0.1, 0.15) is 26.7 Å². The van der Waals surface area contributed by atoms with Gasteiger partial charge in [0.2, 0.25) is 0 Å². The quantitative estimate of drug-likeness (QED) is 0.890. The lowest BCUT2D eigenvalue weighted by molar-refractivity contribution is 0.190. The van der Waals surface area contributed by atoms with Crippen LogP contribution < -0.4 is 10.6 Å². The van der Waals surface area contributed by atoms with E-state index < -0.39 is 5.82 Å². The first-order chi connectivity index (χ1) is 9.58. The maximum absolute atomic E-state index is 13.6. The maximum Gasteiger partial charge on any atom is 0.322 e. The lowest BCUT2D eigenvalue weighted by Crippen LogP contribution is -2.46. The van der Waals surface area contributed by atoms with Crippen LogP contribution in [-0.4, -0.2) is 36.1 Å². The fourth-order valence-electron chi connectivity index (χ4n) is 2.43. The summed E-state index contributed by atoms with van der Waals surface area (Å²) in [5.74, 6) is -0.413. The molecule has 0 radical (unpaired) electrons. The van der Waals surface area contributed by atoms with Crippen LogP contribution in [0.2, 0.25) is 0 Å². The number of halogens is 1. The molecular formula is C15H22FN3O. The highest BCUT2D eigenvalue weighted by atomic mass is 19.1. The molecule has 2 N–H and O–H groups in total. The Labute approximate surface area is 119 Å². The Morgan fingerprint density at radius 1 is 1.50 bits per heavy atom. The summed E-state index contributed by atoms with van der Waals surface area (Å²) < 4.78 is 13.6. The van der Waals surface area contributed by atoms with Crippen molar-refractivity contribution in [2.45, 2.75) is 38.8 Å². The highest BCUT2D eigenvalue weighted by Gasteiger charge is 2.23. The van der Waals surface area contributed by atoms with Gasteiger partial charge in [0, 0.05) is 18.6 Å². The Morgan fingerprint density at radius 3 is 2.85 bits per heavy atom. The summed E-state index contributed by atoms with van der Waals surface area (Å²) in [5, 5.41) is 6.03. The molecule has 2 rings (SSSR count). The molecular weight excluding hydrogens is 257 g/mol. The Kier molecular flexibility index (Phi) is 4.95. The standard InChI is InChI=1S/C15H22FN3O/c1-11(2)19(10-12-6-5-9-17-12)15(20)18-14-8-4-3-7-13(14)16/h3-4,7-8,11-12,17H,5-6,9-10H2,1-2H3,(H,18,20). The van der Waals surface area contributed by atoms with Gasteiger partial charge in [-0.25, -0.2) is 9.18 Å². The fraction of sp³-hybridized carbons (Fsp3) is 0.533. The average molecular weight is 279 g/mol. The number of para-hydroxylation sites is 1. The molecule has 20 heavy (non-hydrogen) atoms. The Morgan fingerprint density at radius 2 is 2.25 bits per heavy atom. The van der Waals surface area contributed by atoms with E-state index in [1.165, 1.54) is 6.07 Å². The number of benzene rings is 1. The fourth-order valence-corrected chi connectivity index (χ4v) is 2.43. The number of anilines is 1. The molecule has 1 saturated heterocycles. The van der Waals surface area contributed by atoms with Gasteiger partial charge in [0.1, 0.15) is 5.82 Å². The van der Waals surface area contributed by atoms with E-state index in [2.05, 4.69) is 10.6 Å². The highest BCUT2D eigenvalue weighted by molar-refractivity contribution is 5.89. The first kappa shape index (κ1) is 14.8. The molecule has 2 amide bonds. The molecule has 110 valence electrons. The average Bonchev–Trinajstić information content (AvgIpc) is 2.91. The molecule has 1 unspecified atom stereocenters. The molecule has 5 heteroatoms. The second-order valence-corrected chi connectivity index (χ2v) is 5.45. The Hall–Kier alpha value is -1.62. The summed E-state index contributed by atoms with van der Waals surface area (Å²) in [7, 11) is 0. The van der Waals surface area contributed by atoms with Crippen LogP contribution in [0.25, 0.3) is 0 Å². The van der Waals surface area contributed by atoms with E-state index in [1.807, 2.05) is 13.8 Å². The first-order valence-electron chi connectivity index (χ1n) is 7.13. The van der Waals surface area contributed by atoms with Gasteiger partial charge in [-0.05, 0) is 45.4 Å². The van der Waals surface area contributed by atoms with E-state index in [4.69, 9.17) is 0 Å². The lowest BCUT2D eigenvalue weighted by Gasteiger charge is -2.29. The normalized spacial score (nSPS) is 18.3. The molecule has 4 nitrogen and oxygen atoms in total. The second-order valence-electron chi connectivity index (χ2n) is 5.45. The molecule has 0 bridgehead atoms. The first-order valence-corrected chi connectivity index (χ1v) is 7.13. The van der Waals surface area contributed by atoms with Gasteiger partial charge in [0.05, 0.1) is 5.69 Å². The molecule has 0 aromatic heterocycles. The highest BCUT2D eigenvalue weighted by Crippen LogP contribution is 2.15. The predicted octanol–water partition coefficient (Wildman–Crippen LogP) is 2.82. The summed E-state index contributed by atoms with van der Waals surface area (Å²) in [6, 6.07) is 6.38. The van der Waals surface area contributed by atoms with Crippen LogP contribution in [0.15, 0.2) is 24.3 Å². The van der Waals surface area contributed by atoms with Crippen molar-refractivity contribution < 1.29 is 9.18 Å². The molecule has 0 aliphatic carbocycles. The van der Waals surface area contributed by atoms with Crippen molar-refractivity contribution in [2.75, 3.05) is 18.4 Å². The predicted molar refractivity (Wildman–Crippen MR) is 78.3 cm³/mol. The SMILES string of the molecule is CC(C)N(CC1CCCN1)C(=O)Nc1ccccc1F. The number of hydrogen-bond donors (Lipinski definition) is 2. The molecule has 1 aromatic rings. The lowest BCUT2D eigenvalue weighted by atomic mass is 10.2. The van der Waals surface area contributed by atoms with Gasteiger partial charge >= 0.3 is 6.03 Å². The van der Waals surface area contributed by atoms with E-state index in [-0.39, 0.29) is 17.8 Å². The summed E-state index contributed by atoms with van der Waals surface area (Å²) in [5.41, 5.74) is 0.225. The molecule has 1 aliphatic rings. The van der Waals surface area contributed by atoms with Crippen LogP contribution in [0.5, 0.6) is 0 Å². The van der Waals surface area contributed by atoms with Crippen LogP contribution in [0.4, 0.5) is 14.9 Å². The number of nitrogens with one attached hydrogen (secondary N) is 2. The van der Waals surface area contributed by atoms with E-state index in [0.29, 0.717) is 12.6 Å². The topological polar surface area (TPSA) is 44.4 Å². The molecule has 1 fully saturated rings. The van der Waals surface area contributed by atoms with Gasteiger partial charge in [-0.1, -0.05) is 12.1 Å². The van der Waals surface area contributed by atoms with E-state index in [0.717, 1.165) is 19.4 Å². The minimum absolute atomic E-state index is 0.0733. The van der Waals surface area contributed by atoms with E-state index >= 15 is 0 Å². The van der Waals surface area contributed by atoms with Crippen LogP contribution >= 0.6 is 0 Å². The number of carbonyl (C=O) groups is 1. The van der Waals surface area contributed by atoms with Crippen molar-refractivity contribution in [3.63, 3.8) is 0 Å². The zero-order valence-electron chi connectivity index (χ0n) is 12.0. The van der Waals surface area contributed by atoms with Gasteiger partial charge in [-0.2, -0.15) is 0 Å². The molecule has 1 aromatic carbocycles. The summed E-state index contributed by atoms with van der Waals surface area (Å²) in [6.07, 6.45) is 2.22. The zero-order chi connectivity index (χ0) is 14.5. The Bertz CT molecular complexity index is 458. The second kappa shape index (κ2) is 6.70. The third-order valence-corrected chi connectivity index (χ3v) is 3.58. The number of nitrogens with zero attached hydrogens (tertiary/aromatic N) is 1. The van der Waals surface area contributed by atoms with Crippen molar-refractivity contribution in [2.24, 2.45) is 0 Å². The monoisotopic (exact) mass is 279 g/mol. The van der Waals surface area contributed by atoms with E-state index in [1.54, 1.807) is 23.1 Å². The van der Waals surface area contributed by atoms with Crippen molar-refractivity contribution in [3.8, 4) is 0 Å². The molecule has 0 saturated carbocycles. The van der Waals surface area contributed by atoms with Gasteiger partial charge in [0.25, 0.3) is 0 Å². The van der Waals surface area contributed by atoms with Crippen LogP contribution in [0, 0.1) is 5.82 Å². The maximum atomic E-state index is 13.6. The Balaban J connectivity index is 2.01. The minimum Gasteiger partial charge on any atom is -0.321 e. The number of carbonyl (C=O) groups excluding carboxylic acids is 1. The number of urea groups is 1. The number of hydrogen-bond acceptors (Lipinski definition) is 2. The number of amides is 2. The van der Waals surface area contributed by atoms with Crippen LogP contribution in [-0.2, 0) is 0 Å². The van der Waals surface area contributed by atoms with Crippen molar-refractivity contribution in [3.05, 3.63) is 30.1 Å². The van der Waals surface area contributed by atoms with Gasteiger partial charge < -0.3 is 15.5 Å². The summed E-state index contributed by atoms with van der Waals surface area (Å²) >= 11 is 0. The zero-order valence-corrected chi connectivity index (χ0v) is 12.0. The third kappa shape index (κ3) is 3.70. The van der Waals surface area contributed by atoms with Crippen LogP contribution in [0.3, 0.4) is 0 Å².